The number of nitrogens with one attached hydrogen (secondary N) is 3. The van der Waals surface area contributed by atoms with Gasteiger partial charge in [0, 0.05) is 44.8 Å². The second-order valence-electron chi connectivity index (χ2n) is 7.97. The molecular formula is C25H34N4O3. The summed E-state index contributed by atoms with van der Waals surface area (Å²) in [5.41, 5.74) is 3.05. The van der Waals surface area contributed by atoms with Gasteiger partial charge in [0.1, 0.15) is 5.75 Å². The molecule has 2 atom stereocenters. The van der Waals surface area contributed by atoms with Crippen molar-refractivity contribution in [3.05, 3.63) is 65.2 Å². The monoisotopic (exact) mass is 438 g/mol. The van der Waals surface area contributed by atoms with E-state index in [0.29, 0.717) is 36.3 Å². The molecule has 2 aromatic carbocycles. The van der Waals surface area contributed by atoms with Crippen LogP contribution in [0.5, 0.6) is 5.75 Å². The van der Waals surface area contributed by atoms with Crippen LogP contribution in [0, 0.1) is 12.8 Å². The number of nitrogens with zero attached hydrogens (tertiary/aromatic N) is 1. The van der Waals surface area contributed by atoms with E-state index in [0.717, 1.165) is 26.0 Å². The number of amides is 1. The molecule has 0 aromatic heterocycles. The summed E-state index contributed by atoms with van der Waals surface area (Å²) >= 11 is 0. The fourth-order valence-corrected chi connectivity index (χ4v) is 3.85. The summed E-state index contributed by atoms with van der Waals surface area (Å²) in [6.07, 6.45) is 2.27. The molecule has 1 heterocycles. The van der Waals surface area contributed by atoms with Crippen LogP contribution >= 0.6 is 0 Å². The van der Waals surface area contributed by atoms with Crippen molar-refractivity contribution in [2.24, 2.45) is 10.9 Å². The molecule has 172 valence electrons. The zero-order valence-corrected chi connectivity index (χ0v) is 19.2. The van der Waals surface area contributed by atoms with Gasteiger partial charge >= 0.3 is 0 Å². The number of benzene rings is 2. The number of carbonyl (C=O) groups excluding carboxylic acids is 1. The van der Waals surface area contributed by atoms with Gasteiger partial charge in [-0.05, 0) is 43.5 Å². The molecule has 7 nitrogen and oxygen atoms in total. The zero-order chi connectivity index (χ0) is 22.8. The molecule has 2 aromatic rings. The van der Waals surface area contributed by atoms with Crippen molar-refractivity contribution in [3.8, 4) is 5.75 Å². The first kappa shape index (κ1) is 23.6. The molecule has 3 rings (SSSR count). The molecule has 1 aliphatic rings. The van der Waals surface area contributed by atoms with Crippen molar-refractivity contribution in [2.75, 3.05) is 40.4 Å². The highest BCUT2D eigenvalue weighted by Crippen LogP contribution is 2.33. The number of guanidine groups is 1. The topological polar surface area (TPSA) is 84.0 Å². The first-order valence-corrected chi connectivity index (χ1v) is 11.2. The number of ether oxygens (including phenoxy) is 2. The summed E-state index contributed by atoms with van der Waals surface area (Å²) in [6, 6.07) is 15.7. The Morgan fingerprint density at radius 3 is 2.66 bits per heavy atom. The van der Waals surface area contributed by atoms with Gasteiger partial charge in [-0.2, -0.15) is 0 Å². The van der Waals surface area contributed by atoms with Crippen LogP contribution in [0.15, 0.2) is 53.5 Å². The van der Waals surface area contributed by atoms with Gasteiger partial charge in [-0.25, -0.2) is 0 Å². The van der Waals surface area contributed by atoms with E-state index in [1.54, 1.807) is 32.4 Å². The summed E-state index contributed by atoms with van der Waals surface area (Å²) < 4.78 is 11.3. The number of hydrogen-bond acceptors (Lipinski definition) is 4. The third-order valence-electron chi connectivity index (χ3n) is 5.64. The summed E-state index contributed by atoms with van der Waals surface area (Å²) in [5, 5.41) is 9.58. The normalized spacial score (nSPS) is 18.7. The highest BCUT2D eigenvalue weighted by atomic mass is 16.5. The van der Waals surface area contributed by atoms with E-state index in [-0.39, 0.29) is 12.0 Å². The van der Waals surface area contributed by atoms with Gasteiger partial charge in [0.05, 0.1) is 13.2 Å². The van der Waals surface area contributed by atoms with Crippen molar-refractivity contribution in [1.29, 1.82) is 0 Å². The highest BCUT2D eigenvalue weighted by molar-refractivity contribution is 5.94. The SMILES string of the molecule is CN=C(NCCNC(=O)c1cccc(OC)c1)NCC1CCCOC1c1ccc(C)cc1. The maximum absolute atomic E-state index is 12.3. The number of aliphatic imine (C=N–C) groups is 1. The van der Waals surface area contributed by atoms with Gasteiger partial charge in [-0.15, -0.1) is 0 Å². The molecule has 0 bridgehead atoms. The molecule has 0 spiro atoms. The van der Waals surface area contributed by atoms with Gasteiger partial charge in [0.25, 0.3) is 5.91 Å². The Morgan fingerprint density at radius 1 is 1.12 bits per heavy atom. The Morgan fingerprint density at radius 2 is 1.91 bits per heavy atom. The Hall–Kier alpha value is -3.06. The first-order valence-electron chi connectivity index (χ1n) is 11.2. The zero-order valence-electron chi connectivity index (χ0n) is 19.2. The van der Waals surface area contributed by atoms with Crippen molar-refractivity contribution in [1.82, 2.24) is 16.0 Å². The van der Waals surface area contributed by atoms with Crippen LogP contribution in [-0.2, 0) is 4.74 Å². The Kier molecular flexibility index (Phi) is 8.92. The maximum atomic E-state index is 12.3. The molecule has 1 saturated heterocycles. The van der Waals surface area contributed by atoms with Crippen molar-refractivity contribution in [3.63, 3.8) is 0 Å². The van der Waals surface area contributed by atoms with Gasteiger partial charge in [0.15, 0.2) is 5.96 Å². The lowest BCUT2D eigenvalue weighted by Crippen LogP contribution is -2.44. The minimum absolute atomic E-state index is 0.0945. The lowest BCUT2D eigenvalue weighted by molar-refractivity contribution is -0.0265. The fourth-order valence-electron chi connectivity index (χ4n) is 3.85. The number of methoxy groups -OCH3 is 1. The van der Waals surface area contributed by atoms with E-state index in [1.807, 2.05) is 6.07 Å². The van der Waals surface area contributed by atoms with Crippen LogP contribution in [0.3, 0.4) is 0 Å². The van der Waals surface area contributed by atoms with Crippen molar-refractivity contribution < 1.29 is 14.3 Å². The Bertz CT molecular complexity index is 898. The third kappa shape index (κ3) is 6.72. The molecule has 0 radical (unpaired) electrons. The molecule has 0 aliphatic carbocycles. The average Bonchev–Trinajstić information content (AvgIpc) is 2.84. The summed E-state index contributed by atoms with van der Waals surface area (Å²) in [7, 11) is 3.33. The molecule has 32 heavy (non-hydrogen) atoms. The van der Waals surface area contributed by atoms with E-state index in [2.05, 4.69) is 52.1 Å². The lowest BCUT2D eigenvalue weighted by Gasteiger charge is -2.32. The fraction of sp³-hybridized carbons (Fsp3) is 0.440. The van der Waals surface area contributed by atoms with E-state index in [4.69, 9.17) is 9.47 Å². The summed E-state index contributed by atoms with van der Waals surface area (Å²) in [4.78, 5) is 16.6. The quantitative estimate of drug-likeness (QED) is 0.335. The van der Waals surface area contributed by atoms with E-state index in [9.17, 15) is 4.79 Å². The van der Waals surface area contributed by atoms with E-state index in [1.165, 1.54) is 11.1 Å². The van der Waals surface area contributed by atoms with E-state index < -0.39 is 0 Å². The summed E-state index contributed by atoms with van der Waals surface area (Å²) in [5.74, 6) is 1.62. The molecule has 2 unspecified atom stereocenters. The highest BCUT2D eigenvalue weighted by Gasteiger charge is 2.27. The smallest absolute Gasteiger partial charge is 0.251 e. The molecule has 1 amide bonds. The Balaban J connectivity index is 1.43. The van der Waals surface area contributed by atoms with Gasteiger partial charge in [-0.1, -0.05) is 35.9 Å². The third-order valence-corrected chi connectivity index (χ3v) is 5.64. The summed E-state index contributed by atoms with van der Waals surface area (Å²) in [6.45, 7) is 4.72. The second-order valence-corrected chi connectivity index (χ2v) is 7.97. The van der Waals surface area contributed by atoms with Gasteiger partial charge in [-0.3, -0.25) is 9.79 Å². The molecule has 0 saturated carbocycles. The van der Waals surface area contributed by atoms with Crippen LogP contribution in [-0.4, -0.2) is 52.3 Å². The predicted molar refractivity (Wildman–Crippen MR) is 127 cm³/mol. The van der Waals surface area contributed by atoms with Crippen molar-refractivity contribution >= 4 is 11.9 Å². The molecule has 3 N–H and O–H groups in total. The minimum atomic E-state index is -0.131. The average molecular weight is 439 g/mol. The van der Waals surface area contributed by atoms with Crippen LogP contribution in [0.4, 0.5) is 0 Å². The predicted octanol–water partition coefficient (Wildman–Crippen LogP) is 3.07. The van der Waals surface area contributed by atoms with Crippen LogP contribution < -0.4 is 20.7 Å². The molecule has 7 heteroatoms. The van der Waals surface area contributed by atoms with Crippen LogP contribution in [0.2, 0.25) is 0 Å². The number of aryl methyl sites for hydroxylation is 1. The number of hydrogen-bond donors (Lipinski definition) is 3. The van der Waals surface area contributed by atoms with Gasteiger partial charge < -0.3 is 25.4 Å². The standard InChI is InChI=1S/C25H34N4O3/c1-18-9-11-19(12-10-18)23-21(7-5-15-32-23)17-29-25(26-2)28-14-13-27-24(30)20-6-4-8-22(16-20)31-3/h4,6,8-12,16,21,23H,5,7,13-15,17H2,1-3H3,(H,27,30)(H2,26,28,29). The number of rotatable bonds is 8. The van der Waals surface area contributed by atoms with E-state index >= 15 is 0 Å². The molecule has 1 aliphatic heterocycles. The lowest BCUT2D eigenvalue weighted by atomic mass is 9.89. The Labute approximate surface area is 190 Å². The van der Waals surface area contributed by atoms with Crippen LogP contribution in [0.25, 0.3) is 0 Å². The minimum Gasteiger partial charge on any atom is -0.497 e. The molecule has 1 fully saturated rings. The molecular weight excluding hydrogens is 404 g/mol. The maximum Gasteiger partial charge on any atom is 0.251 e. The first-order chi connectivity index (χ1) is 15.6. The second kappa shape index (κ2) is 12.1. The number of carbonyl (C=O) groups is 1. The van der Waals surface area contributed by atoms with Crippen LogP contribution in [0.1, 0.15) is 40.4 Å². The van der Waals surface area contributed by atoms with Gasteiger partial charge in [0.2, 0.25) is 0 Å². The van der Waals surface area contributed by atoms with Crippen molar-refractivity contribution in [2.45, 2.75) is 25.9 Å². The largest absolute Gasteiger partial charge is 0.497 e.